The molecule has 2 N–H and O–H groups in total. The lowest BCUT2D eigenvalue weighted by Crippen LogP contribution is -2.49. The number of ether oxygens (including phenoxy) is 1. The Hall–Kier alpha value is -2.49. The van der Waals surface area contributed by atoms with Crippen LogP contribution in [0.3, 0.4) is 0 Å². The van der Waals surface area contributed by atoms with E-state index in [4.69, 9.17) is 23.5 Å². The summed E-state index contributed by atoms with van der Waals surface area (Å²) in [6, 6.07) is 8.39. The Morgan fingerprint density at radius 3 is 2.62 bits per heavy atom. The first-order chi connectivity index (χ1) is 18.8. The summed E-state index contributed by atoms with van der Waals surface area (Å²) in [5.41, 5.74) is 3.73. The van der Waals surface area contributed by atoms with E-state index in [1.54, 1.807) is 6.20 Å². The largest absolute Gasteiger partial charge is 0.494 e. The highest BCUT2D eigenvalue weighted by Gasteiger charge is 2.39. The van der Waals surface area contributed by atoms with E-state index >= 15 is 0 Å². The fourth-order valence-corrected chi connectivity index (χ4v) is 5.32. The van der Waals surface area contributed by atoms with E-state index in [0.717, 1.165) is 22.3 Å². The highest BCUT2D eigenvalue weighted by molar-refractivity contribution is 6.74. The zero-order chi connectivity index (χ0) is 29.1. The third kappa shape index (κ3) is 7.42. The summed E-state index contributed by atoms with van der Waals surface area (Å²) >= 11 is 0. The van der Waals surface area contributed by atoms with Gasteiger partial charge in [0.2, 0.25) is 5.95 Å². The lowest BCUT2D eigenvalue weighted by molar-refractivity contribution is 0.0341. The maximum atomic E-state index is 9.55. The monoisotopic (exact) mass is 565 g/mol. The fraction of sp³-hybridized carbons (Fsp3) is 0.621. The van der Waals surface area contributed by atoms with Crippen molar-refractivity contribution in [2.75, 3.05) is 37.1 Å². The van der Waals surface area contributed by atoms with Crippen LogP contribution in [0.15, 0.2) is 24.4 Å². The normalized spacial score (nSPS) is 21.5. The van der Waals surface area contributed by atoms with Gasteiger partial charge < -0.3 is 29.1 Å². The predicted molar refractivity (Wildman–Crippen MR) is 162 cm³/mol. The van der Waals surface area contributed by atoms with Crippen LogP contribution in [-0.2, 0) is 25.1 Å². The predicted octanol–water partition coefficient (Wildman–Crippen LogP) is 5.16. The van der Waals surface area contributed by atoms with Gasteiger partial charge in [0.15, 0.2) is 8.32 Å². The first-order valence-electron chi connectivity index (χ1n) is 14.1. The Kier molecular flexibility index (Phi) is 9.27. The van der Waals surface area contributed by atoms with Crippen molar-refractivity contribution >= 4 is 38.4 Å². The van der Waals surface area contributed by atoms with Crippen LogP contribution >= 0.6 is 0 Å². The van der Waals surface area contributed by atoms with Crippen molar-refractivity contribution < 1.29 is 18.5 Å². The molecule has 216 valence electrons. The van der Waals surface area contributed by atoms with Crippen LogP contribution in [0.4, 0.5) is 17.5 Å². The van der Waals surface area contributed by atoms with Gasteiger partial charge in [-0.15, -0.1) is 0 Å². The number of nitrogens with one attached hydrogen (secondary N) is 2. The molecule has 0 saturated carbocycles. The molecule has 0 amide bonds. The summed E-state index contributed by atoms with van der Waals surface area (Å²) in [6.45, 7) is 20.3. The number of aryl methyl sites for hydroxylation is 1. The Morgan fingerprint density at radius 1 is 1.23 bits per heavy atom. The number of nitrogens with zero attached hydrogens (tertiary/aromatic N) is 3. The fourth-order valence-electron chi connectivity index (χ4n) is 4.37. The van der Waals surface area contributed by atoms with E-state index in [0.29, 0.717) is 51.2 Å². The van der Waals surface area contributed by atoms with Crippen molar-refractivity contribution in [3.05, 3.63) is 35.5 Å². The number of benzene rings is 1. The van der Waals surface area contributed by atoms with Crippen LogP contribution in [-0.4, -0.2) is 57.9 Å². The molecule has 3 heterocycles. The molecule has 2 unspecified atom stereocenters. The maximum Gasteiger partial charge on any atom is 0.494 e. The van der Waals surface area contributed by atoms with E-state index in [-0.39, 0.29) is 22.4 Å². The van der Waals surface area contributed by atoms with E-state index in [1.807, 2.05) is 19.1 Å². The van der Waals surface area contributed by atoms with Gasteiger partial charge in [-0.1, -0.05) is 40.7 Å². The van der Waals surface area contributed by atoms with Crippen molar-refractivity contribution in [1.29, 1.82) is 5.26 Å². The Balaban J connectivity index is 1.57. The topological polar surface area (TPSA) is 111 Å². The molecule has 4 rings (SSSR count). The second-order valence-electron chi connectivity index (χ2n) is 13.3. The van der Waals surface area contributed by atoms with Gasteiger partial charge in [0.05, 0.1) is 31.2 Å². The van der Waals surface area contributed by atoms with Gasteiger partial charge in [0.25, 0.3) is 0 Å². The van der Waals surface area contributed by atoms with E-state index < -0.39 is 15.4 Å². The molecule has 1 aromatic heterocycles. The van der Waals surface area contributed by atoms with Gasteiger partial charge in [-0.25, -0.2) is 4.98 Å². The van der Waals surface area contributed by atoms with Gasteiger partial charge in [-0.3, -0.25) is 0 Å². The first-order valence-corrected chi connectivity index (χ1v) is 17.0. The zero-order valence-corrected chi connectivity index (χ0v) is 26.3. The molecule has 0 bridgehead atoms. The number of nitriles is 1. The lowest BCUT2D eigenvalue weighted by Gasteiger charge is -2.37. The molecule has 2 saturated heterocycles. The minimum Gasteiger partial charge on any atom is -0.413 e. The minimum atomic E-state index is -1.99. The van der Waals surface area contributed by atoms with E-state index in [9.17, 15) is 5.26 Å². The molecule has 9 nitrogen and oxygen atoms in total. The molecule has 40 heavy (non-hydrogen) atoms. The molecule has 2 atom stereocenters. The summed E-state index contributed by atoms with van der Waals surface area (Å²) in [5, 5.41) is 16.4. The van der Waals surface area contributed by atoms with Gasteiger partial charge in [-0.2, -0.15) is 10.2 Å². The van der Waals surface area contributed by atoms with Gasteiger partial charge in [0, 0.05) is 42.7 Å². The third-order valence-corrected chi connectivity index (χ3v) is 12.6. The molecule has 0 aliphatic carbocycles. The highest BCUT2D eigenvalue weighted by atomic mass is 28.4. The summed E-state index contributed by atoms with van der Waals surface area (Å²) in [5.74, 6) is 1.04. The molecular weight excluding hydrogens is 521 g/mol. The van der Waals surface area contributed by atoms with E-state index in [2.05, 4.69) is 75.5 Å². The number of anilines is 3. The van der Waals surface area contributed by atoms with E-state index in [1.165, 1.54) is 0 Å². The average Bonchev–Trinajstić information content (AvgIpc) is 2.89. The molecular formula is C29H44BN5O4Si. The molecule has 11 heteroatoms. The summed E-state index contributed by atoms with van der Waals surface area (Å²) < 4.78 is 24.5. The van der Waals surface area contributed by atoms with Crippen LogP contribution in [0.2, 0.25) is 18.1 Å². The Bertz CT molecular complexity index is 1220. The van der Waals surface area contributed by atoms with Crippen molar-refractivity contribution in [3.63, 3.8) is 0 Å². The smallest absolute Gasteiger partial charge is 0.413 e. The molecule has 0 radical (unpaired) electrons. The molecule has 0 spiro atoms. The van der Waals surface area contributed by atoms with Crippen LogP contribution < -0.4 is 16.1 Å². The van der Waals surface area contributed by atoms with Crippen molar-refractivity contribution in [2.45, 2.75) is 78.7 Å². The lowest BCUT2D eigenvalue weighted by atomic mass is 9.73. The molecule has 2 fully saturated rings. The Labute approximate surface area is 240 Å². The third-order valence-electron chi connectivity index (χ3n) is 8.11. The minimum absolute atomic E-state index is 0.0126. The second kappa shape index (κ2) is 12.2. The van der Waals surface area contributed by atoms with Crippen LogP contribution in [0.5, 0.6) is 0 Å². The first kappa shape index (κ1) is 30.5. The van der Waals surface area contributed by atoms with Crippen LogP contribution in [0.25, 0.3) is 0 Å². The SMILES string of the molecule is Cc1cnc(Nc2ccc(B3OCC(C)(C)CO3)c(CO[Si](C)(C)C(C)(C)C)c2)nc1NC1COCCC1C#N. The van der Waals surface area contributed by atoms with Crippen molar-refractivity contribution in [1.82, 2.24) is 9.97 Å². The van der Waals surface area contributed by atoms with Crippen LogP contribution in [0, 0.1) is 29.6 Å². The maximum absolute atomic E-state index is 9.55. The summed E-state index contributed by atoms with van der Waals surface area (Å²) in [4.78, 5) is 9.24. The van der Waals surface area contributed by atoms with Gasteiger partial charge in [-0.05, 0) is 54.6 Å². The number of hydrogen-bond donors (Lipinski definition) is 2. The van der Waals surface area contributed by atoms with Crippen molar-refractivity contribution in [3.8, 4) is 6.07 Å². The molecule has 2 aliphatic rings. The van der Waals surface area contributed by atoms with Crippen LogP contribution in [0.1, 0.15) is 52.2 Å². The zero-order valence-electron chi connectivity index (χ0n) is 25.3. The summed E-state index contributed by atoms with van der Waals surface area (Å²) in [6.07, 6.45) is 2.49. The molecule has 2 aromatic rings. The molecule has 1 aromatic carbocycles. The highest BCUT2D eigenvalue weighted by Crippen LogP contribution is 2.37. The van der Waals surface area contributed by atoms with Crippen molar-refractivity contribution in [2.24, 2.45) is 11.3 Å². The standard InChI is InChI=1S/C29H44BN5O4Si/c1-20-15-32-27(35-26(20)34-25-17-36-12-11-21(25)14-31)33-23-9-10-24(30-37-18-29(5,6)19-38-30)22(13-23)16-39-40(7,8)28(2,3)4/h9-10,13,15,21,25H,11-12,16-19H2,1-8H3,(H2,32,33,34,35). The Morgan fingerprint density at radius 2 is 1.95 bits per heavy atom. The van der Waals surface area contributed by atoms with Gasteiger partial charge >= 0.3 is 7.12 Å². The molecule has 2 aliphatic heterocycles. The summed E-state index contributed by atoms with van der Waals surface area (Å²) in [7, 11) is -2.42. The number of hydrogen-bond acceptors (Lipinski definition) is 9. The average molecular weight is 566 g/mol. The quantitative estimate of drug-likeness (QED) is 0.420. The number of aromatic nitrogens is 2. The number of rotatable bonds is 8. The van der Waals surface area contributed by atoms with Gasteiger partial charge in [0.1, 0.15) is 5.82 Å². The second-order valence-corrected chi connectivity index (χ2v) is 18.1.